The van der Waals surface area contributed by atoms with E-state index in [-0.39, 0.29) is 5.56 Å². The van der Waals surface area contributed by atoms with Crippen molar-refractivity contribution < 1.29 is 0 Å². The van der Waals surface area contributed by atoms with Gasteiger partial charge in [0.2, 0.25) is 0 Å². The van der Waals surface area contributed by atoms with Gasteiger partial charge in [-0.15, -0.1) is 0 Å². The van der Waals surface area contributed by atoms with Gasteiger partial charge in [0.25, 0.3) is 5.56 Å². The quantitative estimate of drug-likeness (QED) is 0.741. The molecule has 0 atom stereocenters. The number of aryl methyl sites for hydroxylation is 1. The summed E-state index contributed by atoms with van der Waals surface area (Å²) in [6, 6.07) is 9.13. The Balaban J connectivity index is 2.35. The molecule has 0 fully saturated rings. The van der Waals surface area contributed by atoms with E-state index >= 15 is 0 Å². The topological polar surface area (TPSA) is 50.7 Å². The summed E-state index contributed by atoms with van der Waals surface area (Å²) in [6.07, 6.45) is 0. The lowest BCUT2D eigenvalue weighted by Crippen LogP contribution is -2.19. The number of nitrogens with zero attached hydrogens (tertiary/aromatic N) is 2. The number of halogens is 1. The van der Waals surface area contributed by atoms with Gasteiger partial charge in [-0.3, -0.25) is 9.36 Å². The van der Waals surface area contributed by atoms with Gasteiger partial charge in [-0.25, -0.2) is 4.98 Å². The van der Waals surface area contributed by atoms with E-state index in [1.807, 2.05) is 25.1 Å². The van der Waals surface area contributed by atoms with E-state index in [0.717, 1.165) is 11.3 Å². The molecular formula is C14H12ClN3O. The van der Waals surface area contributed by atoms with Crippen molar-refractivity contribution in [1.82, 2.24) is 14.5 Å². The SMILES string of the molecule is Cc1cc2c(=O)n(C)c(-c3cccc(Cl)c3)nc2[nH]1. The van der Waals surface area contributed by atoms with Gasteiger partial charge in [-0.05, 0) is 25.1 Å². The van der Waals surface area contributed by atoms with Crippen molar-refractivity contribution in [2.24, 2.45) is 7.05 Å². The molecule has 0 saturated heterocycles. The fraction of sp³-hybridized carbons (Fsp3) is 0.143. The summed E-state index contributed by atoms with van der Waals surface area (Å²) in [5, 5.41) is 1.22. The fourth-order valence-electron chi connectivity index (χ4n) is 2.17. The molecule has 3 rings (SSSR count). The van der Waals surface area contributed by atoms with Gasteiger partial charge < -0.3 is 4.98 Å². The van der Waals surface area contributed by atoms with E-state index in [0.29, 0.717) is 21.9 Å². The number of aromatic amines is 1. The largest absolute Gasteiger partial charge is 0.343 e. The summed E-state index contributed by atoms with van der Waals surface area (Å²) in [5.41, 5.74) is 2.28. The van der Waals surface area contributed by atoms with Crippen LogP contribution in [0, 0.1) is 6.92 Å². The Morgan fingerprint density at radius 3 is 2.84 bits per heavy atom. The van der Waals surface area contributed by atoms with Gasteiger partial charge in [0, 0.05) is 23.3 Å². The van der Waals surface area contributed by atoms with Gasteiger partial charge in [0.05, 0.1) is 5.39 Å². The molecule has 1 N–H and O–H groups in total. The first-order valence-electron chi connectivity index (χ1n) is 5.88. The second-order valence-electron chi connectivity index (χ2n) is 4.52. The lowest BCUT2D eigenvalue weighted by atomic mass is 10.2. The maximum Gasteiger partial charge on any atom is 0.263 e. The summed E-state index contributed by atoms with van der Waals surface area (Å²) >= 11 is 5.99. The molecule has 1 aromatic carbocycles. The molecule has 0 radical (unpaired) electrons. The van der Waals surface area contributed by atoms with Gasteiger partial charge in [-0.1, -0.05) is 23.7 Å². The van der Waals surface area contributed by atoms with E-state index in [1.165, 1.54) is 0 Å². The number of H-pyrrole nitrogens is 1. The summed E-state index contributed by atoms with van der Waals surface area (Å²) in [7, 11) is 1.72. The van der Waals surface area contributed by atoms with Gasteiger partial charge >= 0.3 is 0 Å². The van der Waals surface area contributed by atoms with Crippen molar-refractivity contribution in [1.29, 1.82) is 0 Å². The molecule has 4 nitrogen and oxygen atoms in total. The summed E-state index contributed by atoms with van der Waals surface area (Å²) in [4.78, 5) is 19.9. The maximum atomic E-state index is 12.3. The van der Waals surface area contributed by atoms with Crippen molar-refractivity contribution in [3.8, 4) is 11.4 Å². The van der Waals surface area contributed by atoms with Crippen molar-refractivity contribution >= 4 is 22.6 Å². The van der Waals surface area contributed by atoms with Crippen molar-refractivity contribution in [3.63, 3.8) is 0 Å². The number of rotatable bonds is 1. The van der Waals surface area contributed by atoms with E-state index in [4.69, 9.17) is 11.6 Å². The minimum atomic E-state index is -0.0654. The molecule has 5 heteroatoms. The minimum Gasteiger partial charge on any atom is -0.343 e. The molecule has 0 spiro atoms. The standard InChI is InChI=1S/C14H12ClN3O/c1-8-6-11-12(16-8)17-13(18(2)14(11)19)9-4-3-5-10(15)7-9/h3-7,16H,1-2H3. The van der Waals surface area contributed by atoms with Crippen LogP contribution in [0.4, 0.5) is 0 Å². The van der Waals surface area contributed by atoms with Gasteiger partial charge in [0.15, 0.2) is 0 Å². The number of hydrogen-bond acceptors (Lipinski definition) is 2. The molecule has 96 valence electrons. The lowest BCUT2D eigenvalue weighted by Gasteiger charge is -2.07. The molecule has 0 saturated carbocycles. The molecule has 2 aromatic heterocycles. The Kier molecular flexibility index (Phi) is 2.68. The van der Waals surface area contributed by atoms with Crippen LogP contribution in [-0.2, 0) is 7.05 Å². The molecule has 19 heavy (non-hydrogen) atoms. The zero-order chi connectivity index (χ0) is 13.6. The minimum absolute atomic E-state index is 0.0654. The molecule has 0 aliphatic heterocycles. The van der Waals surface area contributed by atoms with Crippen LogP contribution in [-0.4, -0.2) is 14.5 Å². The number of aromatic nitrogens is 3. The molecule has 0 aliphatic rings. The van der Waals surface area contributed by atoms with Crippen LogP contribution in [0.5, 0.6) is 0 Å². The first-order valence-corrected chi connectivity index (χ1v) is 6.26. The van der Waals surface area contributed by atoms with E-state index in [2.05, 4.69) is 9.97 Å². The van der Waals surface area contributed by atoms with Crippen molar-refractivity contribution in [2.75, 3.05) is 0 Å². The molecule has 0 bridgehead atoms. The van der Waals surface area contributed by atoms with Crippen LogP contribution in [0.2, 0.25) is 5.02 Å². The van der Waals surface area contributed by atoms with Crippen LogP contribution in [0.25, 0.3) is 22.4 Å². The third kappa shape index (κ3) is 1.94. The predicted octanol–water partition coefficient (Wildman–Crippen LogP) is 2.89. The summed E-state index contributed by atoms with van der Waals surface area (Å²) in [6.45, 7) is 1.90. The Bertz CT molecular complexity index is 832. The highest BCUT2D eigenvalue weighted by Crippen LogP contribution is 2.21. The molecular weight excluding hydrogens is 262 g/mol. The molecule has 0 amide bonds. The Morgan fingerprint density at radius 2 is 2.11 bits per heavy atom. The summed E-state index contributed by atoms with van der Waals surface area (Å²) < 4.78 is 1.54. The maximum absolute atomic E-state index is 12.3. The second kappa shape index (κ2) is 4.24. The van der Waals surface area contributed by atoms with Crippen LogP contribution in [0.3, 0.4) is 0 Å². The number of fused-ring (bicyclic) bond motifs is 1. The highest BCUT2D eigenvalue weighted by atomic mass is 35.5. The Labute approximate surface area is 114 Å². The monoisotopic (exact) mass is 273 g/mol. The second-order valence-corrected chi connectivity index (χ2v) is 4.96. The van der Waals surface area contributed by atoms with Gasteiger partial charge in [0.1, 0.15) is 11.5 Å². The number of benzene rings is 1. The smallest absolute Gasteiger partial charge is 0.263 e. The van der Waals surface area contributed by atoms with Crippen LogP contribution in [0.15, 0.2) is 35.1 Å². The van der Waals surface area contributed by atoms with Crippen molar-refractivity contribution in [3.05, 3.63) is 51.4 Å². The average molecular weight is 274 g/mol. The van der Waals surface area contributed by atoms with Crippen LogP contribution in [0.1, 0.15) is 5.69 Å². The zero-order valence-corrected chi connectivity index (χ0v) is 11.3. The predicted molar refractivity (Wildman–Crippen MR) is 76.5 cm³/mol. The first kappa shape index (κ1) is 12.0. The van der Waals surface area contributed by atoms with E-state index in [9.17, 15) is 4.79 Å². The third-order valence-corrected chi connectivity index (χ3v) is 3.32. The molecule has 0 unspecified atom stereocenters. The third-order valence-electron chi connectivity index (χ3n) is 3.08. The first-order chi connectivity index (χ1) is 9.06. The average Bonchev–Trinajstić information content (AvgIpc) is 2.75. The normalized spacial score (nSPS) is 11.1. The molecule has 3 aromatic rings. The zero-order valence-electron chi connectivity index (χ0n) is 10.6. The Hall–Kier alpha value is -2.07. The van der Waals surface area contributed by atoms with Gasteiger partial charge in [-0.2, -0.15) is 0 Å². The molecule has 2 heterocycles. The summed E-state index contributed by atoms with van der Waals surface area (Å²) in [5.74, 6) is 0.599. The lowest BCUT2D eigenvalue weighted by molar-refractivity contribution is 0.855. The highest BCUT2D eigenvalue weighted by Gasteiger charge is 2.11. The number of hydrogen-bond donors (Lipinski definition) is 1. The number of nitrogens with one attached hydrogen (secondary N) is 1. The van der Waals surface area contributed by atoms with Crippen LogP contribution >= 0.6 is 11.6 Å². The van der Waals surface area contributed by atoms with Crippen LogP contribution < -0.4 is 5.56 Å². The Morgan fingerprint density at radius 1 is 1.32 bits per heavy atom. The van der Waals surface area contributed by atoms with E-state index < -0.39 is 0 Å². The van der Waals surface area contributed by atoms with Crippen molar-refractivity contribution in [2.45, 2.75) is 6.92 Å². The van der Waals surface area contributed by atoms with E-state index in [1.54, 1.807) is 23.7 Å². The fourth-order valence-corrected chi connectivity index (χ4v) is 2.36. The highest BCUT2D eigenvalue weighted by molar-refractivity contribution is 6.30. The molecule has 0 aliphatic carbocycles.